The van der Waals surface area contributed by atoms with Crippen molar-refractivity contribution in [3.05, 3.63) is 78.0 Å². The van der Waals surface area contributed by atoms with Crippen LogP contribution in [-0.2, 0) is 6.54 Å². The minimum absolute atomic E-state index is 0.0343. The van der Waals surface area contributed by atoms with Crippen LogP contribution in [0.25, 0.3) is 16.9 Å². The van der Waals surface area contributed by atoms with Gasteiger partial charge in [0.2, 0.25) is 0 Å². The van der Waals surface area contributed by atoms with Crippen molar-refractivity contribution in [3.8, 4) is 11.3 Å². The number of fused-ring (bicyclic) bond motifs is 1. The average molecular weight is 412 g/mol. The van der Waals surface area contributed by atoms with Gasteiger partial charge in [-0.15, -0.1) is 0 Å². The molecule has 2 aliphatic carbocycles. The van der Waals surface area contributed by atoms with Gasteiger partial charge in [0.15, 0.2) is 5.65 Å². The Hall–Kier alpha value is -3.41. The number of hydrogen-bond acceptors (Lipinski definition) is 4. The molecule has 1 aromatic carbocycles. The van der Waals surface area contributed by atoms with Crippen LogP contribution < -0.4 is 0 Å². The van der Waals surface area contributed by atoms with Crippen molar-refractivity contribution in [3.63, 3.8) is 0 Å². The van der Waals surface area contributed by atoms with Crippen LogP contribution in [0.5, 0.6) is 0 Å². The Morgan fingerprint density at radius 2 is 1.97 bits per heavy atom. The van der Waals surface area contributed by atoms with E-state index in [1.165, 1.54) is 6.42 Å². The van der Waals surface area contributed by atoms with Crippen LogP contribution in [0, 0.1) is 5.92 Å². The van der Waals surface area contributed by atoms with E-state index >= 15 is 0 Å². The number of benzene rings is 1. The Labute approximate surface area is 180 Å². The summed E-state index contributed by atoms with van der Waals surface area (Å²) in [5, 5.41) is 4.51. The van der Waals surface area contributed by atoms with Crippen molar-refractivity contribution < 1.29 is 9.21 Å². The summed E-state index contributed by atoms with van der Waals surface area (Å²) in [6.07, 6.45) is 6.64. The third kappa shape index (κ3) is 3.32. The van der Waals surface area contributed by atoms with E-state index in [4.69, 9.17) is 4.42 Å². The lowest BCUT2D eigenvalue weighted by Crippen LogP contribution is -2.32. The predicted octanol–water partition coefficient (Wildman–Crippen LogP) is 4.92. The number of hydrogen-bond donors (Lipinski definition) is 0. The van der Waals surface area contributed by atoms with Crippen molar-refractivity contribution in [2.45, 2.75) is 44.7 Å². The first-order valence-corrected chi connectivity index (χ1v) is 11.0. The molecular weight excluding hydrogens is 388 g/mol. The largest absolute Gasteiger partial charge is 0.464 e. The quantitative estimate of drug-likeness (QED) is 0.451. The number of nitrogens with zero attached hydrogens (tertiary/aromatic N) is 4. The number of rotatable bonds is 6. The molecule has 2 unspecified atom stereocenters. The molecule has 2 fully saturated rings. The molecule has 2 saturated carbocycles. The van der Waals surface area contributed by atoms with Gasteiger partial charge in [-0.05, 0) is 43.4 Å². The lowest BCUT2D eigenvalue weighted by atomic mass is 10.1. The summed E-state index contributed by atoms with van der Waals surface area (Å²) in [6, 6.07) is 16.3. The summed E-state index contributed by atoms with van der Waals surface area (Å²) in [6.45, 7) is 2.73. The molecule has 2 aliphatic rings. The highest BCUT2D eigenvalue weighted by molar-refractivity contribution is 6.00. The van der Waals surface area contributed by atoms with Crippen molar-refractivity contribution in [2.75, 3.05) is 0 Å². The van der Waals surface area contributed by atoms with Gasteiger partial charge in [0, 0.05) is 23.7 Å². The zero-order chi connectivity index (χ0) is 20.9. The predicted molar refractivity (Wildman–Crippen MR) is 117 cm³/mol. The van der Waals surface area contributed by atoms with Crippen LogP contribution in [0.1, 0.15) is 54.0 Å². The molecule has 156 valence electrons. The van der Waals surface area contributed by atoms with E-state index in [1.807, 2.05) is 47.4 Å². The van der Waals surface area contributed by atoms with E-state index < -0.39 is 0 Å². The molecule has 3 heterocycles. The van der Waals surface area contributed by atoms with Gasteiger partial charge in [0.05, 0.1) is 18.4 Å². The Balaban J connectivity index is 1.31. The topological polar surface area (TPSA) is 63.6 Å². The van der Waals surface area contributed by atoms with Gasteiger partial charge < -0.3 is 9.32 Å². The Morgan fingerprint density at radius 3 is 2.71 bits per heavy atom. The maximum atomic E-state index is 13.5. The van der Waals surface area contributed by atoms with Crippen molar-refractivity contribution in [1.82, 2.24) is 19.5 Å². The van der Waals surface area contributed by atoms with Crippen LogP contribution in [-0.4, -0.2) is 31.4 Å². The maximum Gasteiger partial charge on any atom is 0.260 e. The molecule has 31 heavy (non-hydrogen) atoms. The van der Waals surface area contributed by atoms with Gasteiger partial charge in [-0.2, -0.15) is 5.10 Å². The minimum atomic E-state index is -0.0343. The summed E-state index contributed by atoms with van der Waals surface area (Å²) in [5.41, 5.74) is 3.07. The van der Waals surface area contributed by atoms with Crippen LogP contribution in [0.3, 0.4) is 0 Å². The average Bonchev–Trinajstić information content (AvgIpc) is 3.68. The number of carbonyl (C=O) groups excluding carboxylic acids is 1. The van der Waals surface area contributed by atoms with Gasteiger partial charge >= 0.3 is 0 Å². The minimum Gasteiger partial charge on any atom is -0.464 e. The highest BCUT2D eigenvalue weighted by Gasteiger charge is 2.38. The highest BCUT2D eigenvalue weighted by atomic mass is 16.3. The Kier molecular flexibility index (Phi) is 4.19. The molecule has 0 spiro atoms. The molecule has 1 amide bonds. The van der Waals surface area contributed by atoms with Gasteiger partial charge in [-0.25, -0.2) is 9.50 Å². The molecule has 0 aliphatic heterocycles. The zero-order valence-corrected chi connectivity index (χ0v) is 17.4. The summed E-state index contributed by atoms with van der Waals surface area (Å²) in [4.78, 5) is 20.0. The van der Waals surface area contributed by atoms with Crippen LogP contribution >= 0.6 is 0 Å². The maximum absolute atomic E-state index is 13.5. The second-order valence-electron chi connectivity index (χ2n) is 8.78. The molecule has 6 nitrogen and oxygen atoms in total. The first-order chi connectivity index (χ1) is 15.2. The highest BCUT2D eigenvalue weighted by Crippen LogP contribution is 2.47. The van der Waals surface area contributed by atoms with E-state index in [1.54, 1.807) is 16.9 Å². The standard InChI is InChI=1S/C25H24N4O2/c1-16-13-20(16)23-10-9-19(31-23)15-28(18-7-8-18)25(30)21-14-27-29-22(11-12-26-24(21)29)17-5-3-2-4-6-17/h2-6,9-12,14,16,18,20H,7-8,13,15H2,1H3. The van der Waals surface area contributed by atoms with Gasteiger partial charge in [0.25, 0.3) is 5.91 Å². The summed E-state index contributed by atoms with van der Waals surface area (Å²) >= 11 is 0. The van der Waals surface area contributed by atoms with Crippen molar-refractivity contribution in [1.29, 1.82) is 0 Å². The molecule has 0 saturated heterocycles. The fourth-order valence-corrected chi connectivity index (χ4v) is 4.34. The Morgan fingerprint density at radius 1 is 1.16 bits per heavy atom. The Bertz CT molecular complexity index is 1260. The molecule has 0 bridgehead atoms. The molecular formula is C25H24N4O2. The van der Waals surface area contributed by atoms with Gasteiger partial charge in [-0.1, -0.05) is 37.3 Å². The number of furan rings is 1. The molecule has 3 aromatic heterocycles. The molecule has 6 rings (SSSR count). The fraction of sp³-hybridized carbons (Fsp3) is 0.320. The summed E-state index contributed by atoms with van der Waals surface area (Å²) in [5.74, 6) is 3.11. The normalized spacial score (nSPS) is 20.2. The number of carbonyl (C=O) groups is 1. The van der Waals surface area contributed by atoms with Crippen LogP contribution in [0.2, 0.25) is 0 Å². The SMILES string of the molecule is CC1CC1c1ccc(CN(C(=O)c2cnn3c(-c4ccccc4)ccnc23)C2CC2)o1. The monoisotopic (exact) mass is 412 g/mol. The second-order valence-corrected chi connectivity index (χ2v) is 8.78. The molecule has 4 aromatic rings. The third-order valence-corrected chi connectivity index (χ3v) is 6.43. The smallest absolute Gasteiger partial charge is 0.260 e. The molecule has 2 atom stereocenters. The lowest BCUT2D eigenvalue weighted by molar-refractivity contribution is 0.0718. The first-order valence-electron chi connectivity index (χ1n) is 11.0. The first kappa shape index (κ1) is 18.4. The molecule has 0 N–H and O–H groups in total. The number of amides is 1. The van der Waals surface area contributed by atoms with Crippen molar-refractivity contribution >= 4 is 11.6 Å². The van der Waals surface area contributed by atoms with E-state index in [9.17, 15) is 4.79 Å². The van der Waals surface area contributed by atoms with Crippen LogP contribution in [0.15, 0.2) is 65.3 Å². The van der Waals surface area contributed by atoms with E-state index in [0.717, 1.165) is 35.6 Å². The number of aromatic nitrogens is 3. The lowest BCUT2D eigenvalue weighted by Gasteiger charge is -2.20. The zero-order valence-electron chi connectivity index (χ0n) is 17.4. The van der Waals surface area contributed by atoms with Gasteiger partial charge in [-0.3, -0.25) is 4.79 Å². The summed E-state index contributed by atoms with van der Waals surface area (Å²) < 4.78 is 7.85. The van der Waals surface area contributed by atoms with Gasteiger partial charge in [0.1, 0.15) is 17.1 Å². The summed E-state index contributed by atoms with van der Waals surface area (Å²) in [7, 11) is 0. The van der Waals surface area contributed by atoms with E-state index in [-0.39, 0.29) is 11.9 Å². The second kappa shape index (κ2) is 7.08. The van der Waals surface area contributed by atoms with Crippen LogP contribution in [0.4, 0.5) is 0 Å². The van der Waals surface area contributed by atoms with E-state index in [0.29, 0.717) is 29.6 Å². The molecule has 6 heteroatoms. The third-order valence-electron chi connectivity index (χ3n) is 6.43. The fourth-order valence-electron chi connectivity index (χ4n) is 4.34. The van der Waals surface area contributed by atoms with Crippen molar-refractivity contribution in [2.24, 2.45) is 5.92 Å². The van der Waals surface area contributed by atoms with E-state index in [2.05, 4.69) is 23.1 Å². The molecule has 0 radical (unpaired) electrons.